The molecular formula is C19H19BrN2O4S. The lowest BCUT2D eigenvalue weighted by molar-refractivity contribution is -0.121. The molecule has 0 saturated carbocycles. The number of esters is 1. The third-order valence-electron chi connectivity index (χ3n) is 3.40. The van der Waals surface area contributed by atoms with Gasteiger partial charge in [0.2, 0.25) is 0 Å². The van der Waals surface area contributed by atoms with Gasteiger partial charge in [0, 0.05) is 10.2 Å². The molecule has 0 aliphatic rings. The van der Waals surface area contributed by atoms with Crippen molar-refractivity contribution in [3.63, 3.8) is 0 Å². The molecule has 0 aliphatic heterocycles. The molecule has 0 unspecified atom stereocenters. The number of halogens is 1. The van der Waals surface area contributed by atoms with Crippen LogP contribution in [0.5, 0.6) is 5.75 Å². The van der Waals surface area contributed by atoms with Crippen LogP contribution in [0.15, 0.2) is 46.9 Å². The predicted molar refractivity (Wildman–Crippen MR) is 111 cm³/mol. The van der Waals surface area contributed by atoms with E-state index in [0.29, 0.717) is 23.6 Å². The van der Waals surface area contributed by atoms with Crippen LogP contribution in [0, 0.1) is 6.92 Å². The molecule has 2 N–H and O–H groups in total. The molecule has 2 aromatic carbocycles. The summed E-state index contributed by atoms with van der Waals surface area (Å²) in [6.07, 6.45) is 0. The largest absolute Gasteiger partial charge is 0.483 e. The third-order valence-corrected chi connectivity index (χ3v) is 4.10. The first-order valence-electron chi connectivity index (χ1n) is 8.16. The van der Waals surface area contributed by atoms with Crippen molar-refractivity contribution in [2.24, 2.45) is 0 Å². The zero-order valence-corrected chi connectivity index (χ0v) is 17.3. The Bertz CT molecular complexity index is 840. The molecule has 0 aliphatic carbocycles. The van der Waals surface area contributed by atoms with E-state index in [1.807, 2.05) is 19.1 Å². The van der Waals surface area contributed by atoms with Crippen LogP contribution >= 0.6 is 28.1 Å². The minimum absolute atomic E-state index is 0.139. The van der Waals surface area contributed by atoms with Crippen molar-refractivity contribution < 1.29 is 19.1 Å². The molecule has 0 spiro atoms. The number of carbonyl (C=O) groups excluding carboxylic acids is 2. The molecule has 0 radical (unpaired) electrons. The van der Waals surface area contributed by atoms with Gasteiger partial charge in [0.05, 0.1) is 12.2 Å². The number of ether oxygens (including phenoxy) is 2. The fourth-order valence-corrected chi connectivity index (χ4v) is 2.85. The maximum atomic E-state index is 12.0. The number of aryl methyl sites for hydroxylation is 1. The zero-order chi connectivity index (χ0) is 19.8. The minimum atomic E-state index is -0.389. The Morgan fingerprint density at radius 3 is 2.48 bits per heavy atom. The summed E-state index contributed by atoms with van der Waals surface area (Å²) in [6.45, 7) is 3.80. The SMILES string of the molecule is CCOC(=O)c1ccc(NC(=S)NC(=O)COc2ccc(Br)cc2C)cc1. The Morgan fingerprint density at radius 2 is 1.85 bits per heavy atom. The summed E-state index contributed by atoms with van der Waals surface area (Å²) >= 11 is 8.49. The number of thiocarbonyl (C=S) groups is 1. The van der Waals surface area contributed by atoms with Crippen molar-refractivity contribution >= 4 is 50.8 Å². The highest BCUT2D eigenvalue weighted by atomic mass is 79.9. The van der Waals surface area contributed by atoms with E-state index in [4.69, 9.17) is 21.7 Å². The van der Waals surface area contributed by atoms with E-state index in [0.717, 1.165) is 10.0 Å². The summed E-state index contributed by atoms with van der Waals surface area (Å²) in [4.78, 5) is 23.6. The molecule has 8 heteroatoms. The maximum absolute atomic E-state index is 12.0. The number of nitrogens with one attached hydrogen (secondary N) is 2. The lowest BCUT2D eigenvalue weighted by Gasteiger charge is -2.12. The van der Waals surface area contributed by atoms with E-state index >= 15 is 0 Å². The van der Waals surface area contributed by atoms with Gasteiger partial charge in [0.1, 0.15) is 5.75 Å². The average molecular weight is 451 g/mol. The van der Waals surface area contributed by atoms with Crippen molar-refractivity contribution in [1.82, 2.24) is 5.32 Å². The Morgan fingerprint density at radius 1 is 1.15 bits per heavy atom. The van der Waals surface area contributed by atoms with E-state index in [1.54, 1.807) is 37.3 Å². The normalized spacial score (nSPS) is 10.0. The van der Waals surface area contributed by atoms with E-state index in [-0.39, 0.29) is 23.6 Å². The molecule has 0 saturated heterocycles. The van der Waals surface area contributed by atoms with Crippen molar-refractivity contribution in [3.05, 3.63) is 58.1 Å². The zero-order valence-electron chi connectivity index (χ0n) is 14.9. The first-order chi connectivity index (χ1) is 12.9. The fourth-order valence-electron chi connectivity index (χ4n) is 2.15. The highest BCUT2D eigenvalue weighted by Crippen LogP contribution is 2.21. The highest BCUT2D eigenvalue weighted by molar-refractivity contribution is 9.10. The summed E-state index contributed by atoms with van der Waals surface area (Å²) in [6, 6.07) is 12.1. The van der Waals surface area contributed by atoms with E-state index in [9.17, 15) is 9.59 Å². The van der Waals surface area contributed by atoms with Crippen molar-refractivity contribution in [2.75, 3.05) is 18.5 Å². The van der Waals surface area contributed by atoms with Crippen molar-refractivity contribution in [3.8, 4) is 5.75 Å². The maximum Gasteiger partial charge on any atom is 0.338 e. The quantitative estimate of drug-likeness (QED) is 0.514. The van der Waals surface area contributed by atoms with Crippen LogP contribution in [0.3, 0.4) is 0 Å². The summed E-state index contributed by atoms with van der Waals surface area (Å²) in [5, 5.41) is 5.56. The van der Waals surface area contributed by atoms with Gasteiger partial charge < -0.3 is 14.8 Å². The molecule has 142 valence electrons. The Hall–Kier alpha value is -2.45. The molecule has 2 rings (SSSR count). The Kier molecular flexibility index (Phi) is 7.75. The first-order valence-corrected chi connectivity index (χ1v) is 9.36. The van der Waals surface area contributed by atoms with Gasteiger partial charge >= 0.3 is 5.97 Å². The standard InChI is InChI=1S/C19H19BrN2O4S/c1-3-25-18(24)13-4-7-15(8-5-13)21-19(27)22-17(23)11-26-16-9-6-14(20)10-12(16)2/h4-10H,3,11H2,1-2H3,(H2,21,22,23,27). The molecule has 1 amide bonds. The molecule has 2 aromatic rings. The molecule has 0 aromatic heterocycles. The van der Waals surface area contributed by atoms with Gasteiger partial charge in [-0.25, -0.2) is 4.79 Å². The van der Waals surface area contributed by atoms with E-state index < -0.39 is 0 Å². The van der Waals surface area contributed by atoms with Crippen LogP contribution in [-0.2, 0) is 9.53 Å². The smallest absolute Gasteiger partial charge is 0.338 e. The van der Waals surface area contributed by atoms with Gasteiger partial charge in [0.15, 0.2) is 11.7 Å². The topological polar surface area (TPSA) is 76.7 Å². The predicted octanol–water partition coefficient (Wildman–Crippen LogP) is 3.83. The van der Waals surface area contributed by atoms with Gasteiger partial charge in [-0.2, -0.15) is 0 Å². The molecule has 0 atom stereocenters. The van der Waals surface area contributed by atoms with Crippen LogP contribution in [0.2, 0.25) is 0 Å². The van der Waals surface area contributed by atoms with Gasteiger partial charge in [0.25, 0.3) is 5.91 Å². The lowest BCUT2D eigenvalue weighted by Crippen LogP contribution is -2.37. The second kappa shape index (κ2) is 10.0. The molecule has 0 fully saturated rings. The first kappa shape index (κ1) is 20.9. The third kappa shape index (κ3) is 6.65. The summed E-state index contributed by atoms with van der Waals surface area (Å²) < 4.78 is 11.4. The lowest BCUT2D eigenvalue weighted by atomic mass is 10.2. The molecular weight excluding hydrogens is 432 g/mol. The number of hydrogen-bond acceptors (Lipinski definition) is 5. The summed E-state index contributed by atoms with van der Waals surface area (Å²) in [5.74, 6) is -0.139. The van der Waals surface area contributed by atoms with Gasteiger partial charge in [-0.15, -0.1) is 0 Å². The van der Waals surface area contributed by atoms with Gasteiger partial charge in [-0.05, 0) is 74.1 Å². The number of rotatable bonds is 6. The van der Waals surface area contributed by atoms with Crippen molar-refractivity contribution in [1.29, 1.82) is 0 Å². The molecule has 0 bridgehead atoms. The fraction of sp³-hybridized carbons (Fsp3) is 0.211. The number of anilines is 1. The van der Waals surface area contributed by atoms with E-state index in [2.05, 4.69) is 26.6 Å². The van der Waals surface area contributed by atoms with E-state index in [1.165, 1.54) is 0 Å². The Labute approximate surface area is 171 Å². The second-order valence-corrected chi connectivity index (χ2v) is 6.82. The summed E-state index contributed by atoms with van der Waals surface area (Å²) in [7, 11) is 0. The van der Waals surface area contributed by atoms with Gasteiger partial charge in [-0.3, -0.25) is 10.1 Å². The number of carbonyl (C=O) groups is 2. The molecule has 27 heavy (non-hydrogen) atoms. The molecule has 0 heterocycles. The average Bonchev–Trinajstić information content (AvgIpc) is 2.61. The Balaban J connectivity index is 1.82. The van der Waals surface area contributed by atoms with Crippen LogP contribution in [0.1, 0.15) is 22.8 Å². The monoisotopic (exact) mass is 450 g/mol. The van der Waals surface area contributed by atoms with Crippen molar-refractivity contribution in [2.45, 2.75) is 13.8 Å². The van der Waals surface area contributed by atoms with Gasteiger partial charge in [-0.1, -0.05) is 15.9 Å². The van der Waals surface area contributed by atoms with Crippen LogP contribution in [0.25, 0.3) is 0 Å². The number of benzene rings is 2. The van der Waals surface area contributed by atoms with Crippen LogP contribution in [0.4, 0.5) is 5.69 Å². The van der Waals surface area contributed by atoms with Crippen LogP contribution < -0.4 is 15.4 Å². The number of hydrogen-bond donors (Lipinski definition) is 2. The minimum Gasteiger partial charge on any atom is -0.483 e. The summed E-state index contributed by atoms with van der Waals surface area (Å²) in [5.41, 5.74) is 1.99. The highest BCUT2D eigenvalue weighted by Gasteiger charge is 2.09. The number of amides is 1. The van der Waals surface area contributed by atoms with Crippen LogP contribution in [-0.4, -0.2) is 30.2 Å². The molecule has 6 nitrogen and oxygen atoms in total. The second-order valence-electron chi connectivity index (χ2n) is 5.50.